The van der Waals surface area contributed by atoms with Crippen molar-refractivity contribution in [2.24, 2.45) is 0 Å². The number of benzene rings is 2. The van der Waals surface area contributed by atoms with Gasteiger partial charge in [-0.25, -0.2) is 0 Å². The van der Waals surface area contributed by atoms with Crippen LogP contribution in [0.5, 0.6) is 0 Å². The lowest BCUT2D eigenvalue weighted by molar-refractivity contribution is 0.101. The summed E-state index contributed by atoms with van der Waals surface area (Å²) in [6, 6.07) is 13.8. The molecule has 2 aromatic carbocycles. The topological polar surface area (TPSA) is 29.1 Å². The van der Waals surface area contributed by atoms with E-state index in [2.05, 4.69) is 18.3 Å². The summed E-state index contributed by atoms with van der Waals surface area (Å²) in [5, 5.41) is 3.15. The summed E-state index contributed by atoms with van der Waals surface area (Å²) in [6.07, 6.45) is 0. The van der Waals surface area contributed by atoms with Crippen LogP contribution < -0.4 is 5.32 Å². The van der Waals surface area contributed by atoms with E-state index in [9.17, 15) is 4.79 Å². The number of hydrogen-bond acceptors (Lipinski definition) is 2. The molecule has 0 spiro atoms. The zero-order valence-electron chi connectivity index (χ0n) is 11.7. The van der Waals surface area contributed by atoms with E-state index in [1.165, 1.54) is 5.56 Å². The first-order valence-corrected chi connectivity index (χ1v) is 6.48. The van der Waals surface area contributed by atoms with Crippen molar-refractivity contribution in [1.29, 1.82) is 0 Å². The Hall–Kier alpha value is -2.09. The van der Waals surface area contributed by atoms with Gasteiger partial charge in [0.05, 0.1) is 6.54 Å². The maximum atomic E-state index is 12.2. The second-order valence-corrected chi connectivity index (χ2v) is 4.89. The lowest BCUT2D eigenvalue weighted by atomic mass is 9.98. The fourth-order valence-electron chi connectivity index (χ4n) is 2.09. The van der Waals surface area contributed by atoms with Crippen molar-refractivity contribution in [3.63, 3.8) is 0 Å². The molecule has 2 nitrogen and oxygen atoms in total. The van der Waals surface area contributed by atoms with E-state index in [0.29, 0.717) is 6.54 Å². The second-order valence-electron chi connectivity index (χ2n) is 4.89. The molecule has 1 N–H and O–H groups in total. The van der Waals surface area contributed by atoms with Gasteiger partial charge >= 0.3 is 0 Å². The van der Waals surface area contributed by atoms with Gasteiger partial charge in [0, 0.05) is 11.3 Å². The average Bonchev–Trinajstić information content (AvgIpc) is 2.41. The maximum Gasteiger partial charge on any atom is 0.182 e. The summed E-state index contributed by atoms with van der Waals surface area (Å²) < 4.78 is 0. The molecule has 0 unspecified atom stereocenters. The minimum atomic E-state index is 0.129. The van der Waals surface area contributed by atoms with Crippen LogP contribution in [-0.4, -0.2) is 12.3 Å². The number of anilines is 1. The van der Waals surface area contributed by atoms with E-state index in [-0.39, 0.29) is 5.78 Å². The molecule has 2 rings (SSSR count). The monoisotopic (exact) mass is 253 g/mol. The highest BCUT2D eigenvalue weighted by molar-refractivity contribution is 6.00. The Morgan fingerprint density at radius 2 is 1.58 bits per heavy atom. The van der Waals surface area contributed by atoms with Crippen LogP contribution >= 0.6 is 0 Å². The third-order valence-corrected chi connectivity index (χ3v) is 3.37. The van der Waals surface area contributed by atoms with Crippen LogP contribution in [0.15, 0.2) is 42.5 Å². The van der Waals surface area contributed by atoms with E-state index in [0.717, 1.165) is 22.4 Å². The Morgan fingerprint density at radius 1 is 0.947 bits per heavy atom. The van der Waals surface area contributed by atoms with Crippen LogP contribution in [0.2, 0.25) is 0 Å². The summed E-state index contributed by atoms with van der Waals surface area (Å²) in [4.78, 5) is 12.2. The van der Waals surface area contributed by atoms with E-state index < -0.39 is 0 Å². The summed E-state index contributed by atoms with van der Waals surface area (Å²) in [7, 11) is 0. The lowest BCUT2D eigenvalue weighted by Crippen LogP contribution is -2.15. The van der Waals surface area contributed by atoms with Gasteiger partial charge in [-0.05, 0) is 55.7 Å². The number of hydrogen-bond donors (Lipinski definition) is 1. The van der Waals surface area contributed by atoms with Crippen molar-refractivity contribution in [3.05, 3.63) is 64.7 Å². The Labute approximate surface area is 114 Å². The smallest absolute Gasteiger partial charge is 0.182 e. The van der Waals surface area contributed by atoms with Crippen LogP contribution in [0.1, 0.15) is 27.0 Å². The van der Waals surface area contributed by atoms with Crippen molar-refractivity contribution >= 4 is 11.5 Å². The molecule has 0 bridgehead atoms. The van der Waals surface area contributed by atoms with E-state index in [4.69, 9.17) is 0 Å². The fourth-order valence-corrected chi connectivity index (χ4v) is 2.09. The molecule has 0 fully saturated rings. The first-order chi connectivity index (χ1) is 9.08. The zero-order valence-corrected chi connectivity index (χ0v) is 11.7. The van der Waals surface area contributed by atoms with Crippen molar-refractivity contribution in [1.82, 2.24) is 0 Å². The Kier molecular flexibility index (Phi) is 4.00. The van der Waals surface area contributed by atoms with Crippen LogP contribution in [0.4, 0.5) is 5.69 Å². The molecule has 0 aromatic heterocycles. The van der Waals surface area contributed by atoms with Crippen LogP contribution in [0, 0.1) is 20.8 Å². The predicted molar refractivity (Wildman–Crippen MR) is 79.9 cm³/mol. The van der Waals surface area contributed by atoms with Gasteiger partial charge in [-0.3, -0.25) is 4.79 Å². The van der Waals surface area contributed by atoms with Gasteiger partial charge in [-0.1, -0.05) is 24.3 Å². The highest BCUT2D eigenvalue weighted by Crippen LogP contribution is 2.16. The summed E-state index contributed by atoms with van der Waals surface area (Å²) >= 11 is 0. The molecule has 0 amide bonds. The summed E-state index contributed by atoms with van der Waals surface area (Å²) in [5.74, 6) is 0.129. The Morgan fingerprint density at radius 3 is 2.26 bits per heavy atom. The molecule has 0 atom stereocenters. The van der Waals surface area contributed by atoms with Gasteiger partial charge in [-0.2, -0.15) is 0 Å². The van der Waals surface area contributed by atoms with Gasteiger partial charge in [0.1, 0.15) is 0 Å². The van der Waals surface area contributed by atoms with Crippen molar-refractivity contribution in [3.8, 4) is 0 Å². The molecule has 0 aliphatic heterocycles. The largest absolute Gasteiger partial charge is 0.378 e. The first kappa shape index (κ1) is 13.3. The summed E-state index contributed by atoms with van der Waals surface area (Å²) in [5.41, 5.74) is 5.21. The van der Waals surface area contributed by atoms with Gasteiger partial charge in [-0.15, -0.1) is 0 Å². The highest BCUT2D eigenvalue weighted by atomic mass is 16.1. The summed E-state index contributed by atoms with van der Waals surface area (Å²) in [6.45, 7) is 6.42. The molecule has 0 radical (unpaired) electrons. The van der Waals surface area contributed by atoms with Gasteiger partial charge < -0.3 is 5.32 Å². The lowest BCUT2D eigenvalue weighted by Gasteiger charge is -2.10. The number of ketones is 1. The molecular formula is C17H19NO. The number of carbonyl (C=O) groups is 1. The normalized spacial score (nSPS) is 10.3. The van der Waals surface area contributed by atoms with Crippen molar-refractivity contribution in [2.45, 2.75) is 20.8 Å². The molecule has 98 valence electrons. The van der Waals surface area contributed by atoms with Crippen molar-refractivity contribution < 1.29 is 4.79 Å². The molecule has 19 heavy (non-hydrogen) atoms. The number of carbonyl (C=O) groups excluding carboxylic acids is 1. The average molecular weight is 253 g/mol. The van der Waals surface area contributed by atoms with E-state index >= 15 is 0 Å². The SMILES string of the molecule is Cc1cc(C)c(C(=O)CNc2ccccc2)cc1C. The second kappa shape index (κ2) is 5.70. The van der Waals surface area contributed by atoms with E-state index in [1.54, 1.807) is 0 Å². The fraction of sp³-hybridized carbons (Fsp3) is 0.235. The van der Waals surface area contributed by atoms with Crippen LogP contribution in [0.3, 0.4) is 0 Å². The minimum absolute atomic E-state index is 0.129. The number of rotatable bonds is 4. The van der Waals surface area contributed by atoms with Crippen LogP contribution in [0.25, 0.3) is 0 Å². The number of aryl methyl sites for hydroxylation is 3. The first-order valence-electron chi connectivity index (χ1n) is 6.48. The van der Waals surface area contributed by atoms with Crippen LogP contribution in [-0.2, 0) is 0 Å². The highest BCUT2D eigenvalue weighted by Gasteiger charge is 2.10. The van der Waals surface area contributed by atoms with E-state index in [1.807, 2.05) is 50.2 Å². The zero-order chi connectivity index (χ0) is 13.8. The number of para-hydroxylation sites is 1. The molecule has 0 aliphatic carbocycles. The number of Topliss-reactive ketones (excluding diaryl/α,β-unsaturated/α-hetero) is 1. The molecular weight excluding hydrogens is 234 g/mol. The minimum Gasteiger partial charge on any atom is -0.378 e. The molecule has 2 heteroatoms. The number of nitrogens with one attached hydrogen (secondary N) is 1. The third kappa shape index (κ3) is 3.22. The van der Waals surface area contributed by atoms with Gasteiger partial charge in [0.15, 0.2) is 5.78 Å². The molecule has 0 aliphatic rings. The molecule has 0 saturated carbocycles. The molecule has 0 saturated heterocycles. The Bertz CT molecular complexity index is 588. The molecule has 0 heterocycles. The van der Waals surface area contributed by atoms with Gasteiger partial charge in [0.2, 0.25) is 0 Å². The molecule has 2 aromatic rings. The predicted octanol–water partition coefficient (Wildman–Crippen LogP) is 3.91. The quantitative estimate of drug-likeness (QED) is 0.837. The Balaban J connectivity index is 2.10. The van der Waals surface area contributed by atoms with Crippen molar-refractivity contribution in [2.75, 3.05) is 11.9 Å². The maximum absolute atomic E-state index is 12.2. The third-order valence-electron chi connectivity index (χ3n) is 3.37. The van der Waals surface area contributed by atoms with Gasteiger partial charge in [0.25, 0.3) is 0 Å². The standard InChI is InChI=1S/C17H19NO/c1-12-9-14(3)16(10-13(12)2)17(19)11-18-15-7-5-4-6-8-15/h4-10,18H,11H2,1-3H3.